The van der Waals surface area contributed by atoms with Crippen LogP contribution in [0.25, 0.3) is 11.3 Å². The monoisotopic (exact) mass is 506 g/mol. The number of ether oxygens (including phenoxy) is 1. The summed E-state index contributed by atoms with van der Waals surface area (Å²) in [6.07, 6.45) is 5.87. The molecule has 0 saturated carbocycles. The lowest BCUT2D eigenvalue weighted by molar-refractivity contribution is -0.117. The summed E-state index contributed by atoms with van der Waals surface area (Å²) >= 11 is 0. The molecule has 0 spiro atoms. The molecule has 0 unspecified atom stereocenters. The molecule has 1 atom stereocenters. The van der Waals surface area contributed by atoms with Gasteiger partial charge in [0.05, 0.1) is 31.6 Å². The lowest BCUT2D eigenvalue weighted by Gasteiger charge is -2.34. The Bertz CT molecular complexity index is 1310. The molecule has 2 aromatic heterocycles. The number of hydrogen-bond acceptors (Lipinski definition) is 7. The van der Waals surface area contributed by atoms with Gasteiger partial charge in [-0.15, -0.1) is 0 Å². The fourth-order valence-corrected chi connectivity index (χ4v) is 4.87. The summed E-state index contributed by atoms with van der Waals surface area (Å²) in [5.41, 5.74) is 1.93. The minimum atomic E-state index is -0.530. The van der Waals surface area contributed by atoms with Gasteiger partial charge in [-0.25, -0.2) is 9.37 Å². The van der Waals surface area contributed by atoms with Crippen molar-refractivity contribution in [3.63, 3.8) is 0 Å². The normalized spacial score (nSPS) is 18.5. The first-order valence-corrected chi connectivity index (χ1v) is 12.6. The number of piperidine rings is 1. The minimum Gasteiger partial charge on any atom is -0.370 e. The highest BCUT2D eigenvalue weighted by Crippen LogP contribution is 2.27. The number of likely N-dealkylation sites (tertiary alicyclic amines) is 1. The first-order chi connectivity index (χ1) is 18.0. The molecule has 0 aliphatic carbocycles. The van der Waals surface area contributed by atoms with E-state index in [9.17, 15) is 14.0 Å². The molecule has 9 nitrogen and oxygen atoms in total. The maximum atomic E-state index is 14.3. The topological polar surface area (TPSA) is 92.6 Å². The Kier molecular flexibility index (Phi) is 7.57. The second-order valence-corrected chi connectivity index (χ2v) is 9.51. The van der Waals surface area contributed by atoms with Crippen molar-refractivity contribution in [3.05, 3.63) is 70.5 Å². The first-order valence-electron chi connectivity index (χ1n) is 12.6. The second kappa shape index (κ2) is 11.2. The van der Waals surface area contributed by atoms with Crippen molar-refractivity contribution in [2.45, 2.75) is 25.4 Å². The van der Waals surface area contributed by atoms with Crippen LogP contribution in [0.2, 0.25) is 0 Å². The number of pyridine rings is 1. The molecule has 3 aromatic rings. The van der Waals surface area contributed by atoms with Crippen LogP contribution < -0.4 is 15.8 Å². The zero-order valence-electron chi connectivity index (χ0n) is 20.9. The van der Waals surface area contributed by atoms with E-state index in [0.29, 0.717) is 32.2 Å². The maximum absolute atomic E-state index is 14.3. The van der Waals surface area contributed by atoms with Crippen LogP contribution in [0.4, 0.5) is 16.0 Å². The highest BCUT2D eigenvalue weighted by molar-refractivity contribution is 5.92. The van der Waals surface area contributed by atoms with Crippen LogP contribution in [0.15, 0.2) is 53.6 Å². The summed E-state index contributed by atoms with van der Waals surface area (Å²) in [7, 11) is 1.66. The molecule has 2 fully saturated rings. The predicted molar refractivity (Wildman–Crippen MR) is 139 cm³/mol. The van der Waals surface area contributed by atoms with Crippen molar-refractivity contribution in [3.8, 4) is 11.3 Å². The number of carbonyl (C=O) groups is 1. The fourth-order valence-electron chi connectivity index (χ4n) is 4.87. The average molecular weight is 507 g/mol. The number of carbonyl (C=O) groups excluding carboxylic acids is 1. The van der Waals surface area contributed by atoms with Crippen LogP contribution in [0.3, 0.4) is 0 Å². The summed E-state index contributed by atoms with van der Waals surface area (Å²) in [5.74, 6) is -0.0852. The molecule has 10 heteroatoms. The van der Waals surface area contributed by atoms with Crippen molar-refractivity contribution in [1.29, 1.82) is 0 Å². The van der Waals surface area contributed by atoms with Crippen molar-refractivity contribution in [2.24, 2.45) is 7.05 Å². The third-order valence-electron chi connectivity index (χ3n) is 6.89. The van der Waals surface area contributed by atoms with Crippen molar-refractivity contribution in [1.82, 2.24) is 19.4 Å². The maximum Gasteiger partial charge on any atom is 0.255 e. The number of halogens is 1. The molecule has 1 amide bonds. The lowest BCUT2D eigenvalue weighted by Crippen LogP contribution is -2.41. The number of rotatable bonds is 6. The van der Waals surface area contributed by atoms with Crippen LogP contribution in [0.1, 0.15) is 30.9 Å². The van der Waals surface area contributed by atoms with Gasteiger partial charge in [-0.3, -0.25) is 24.0 Å². The van der Waals surface area contributed by atoms with Gasteiger partial charge in [-0.1, -0.05) is 18.6 Å². The van der Waals surface area contributed by atoms with Gasteiger partial charge in [0.2, 0.25) is 11.9 Å². The van der Waals surface area contributed by atoms with Crippen molar-refractivity contribution >= 4 is 17.5 Å². The first kappa shape index (κ1) is 25.0. The van der Waals surface area contributed by atoms with Crippen LogP contribution in [0.5, 0.6) is 0 Å². The Hall–Kier alpha value is -3.63. The molecule has 0 radical (unpaired) electrons. The summed E-state index contributed by atoms with van der Waals surface area (Å²) in [6, 6.07) is 10.5. The predicted octanol–water partition coefficient (Wildman–Crippen LogP) is 2.98. The van der Waals surface area contributed by atoms with E-state index in [1.165, 1.54) is 29.3 Å². The van der Waals surface area contributed by atoms with Crippen LogP contribution in [-0.4, -0.2) is 64.7 Å². The molecule has 0 bridgehead atoms. The highest BCUT2D eigenvalue weighted by Gasteiger charge is 2.25. The SMILES string of the molecule is Cn1c(N2CCO[C@@H](c3ccc(NC(=O)CN4CCCCC4)cc3)C2)nc(-c2ccncc2F)cc1=O. The van der Waals surface area contributed by atoms with E-state index >= 15 is 0 Å². The summed E-state index contributed by atoms with van der Waals surface area (Å²) in [4.78, 5) is 37.7. The molecule has 194 valence electrons. The van der Waals surface area contributed by atoms with Gasteiger partial charge in [-0.05, 0) is 49.7 Å². The second-order valence-electron chi connectivity index (χ2n) is 9.51. The van der Waals surface area contributed by atoms with E-state index in [2.05, 4.69) is 20.2 Å². The van der Waals surface area contributed by atoms with E-state index in [1.807, 2.05) is 29.2 Å². The average Bonchev–Trinajstić information content (AvgIpc) is 2.91. The van der Waals surface area contributed by atoms with Crippen LogP contribution in [0, 0.1) is 5.82 Å². The minimum absolute atomic E-state index is 0.00718. The summed E-state index contributed by atoms with van der Waals surface area (Å²) in [6.45, 7) is 3.83. The van der Waals surface area contributed by atoms with Gasteiger partial charge in [0.15, 0.2) is 5.82 Å². The molecule has 1 N–H and O–H groups in total. The molecule has 4 heterocycles. The van der Waals surface area contributed by atoms with E-state index < -0.39 is 5.82 Å². The van der Waals surface area contributed by atoms with E-state index in [4.69, 9.17) is 4.74 Å². The Morgan fingerprint density at radius 3 is 2.68 bits per heavy atom. The van der Waals surface area contributed by atoms with E-state index in [-0.39, 0.29) is 28.8 Å². The third-order valence-corrected chi connectivity index (χ3v) is 6.89. The van der Waals surface area contributed by atoms with E-state index in [1.54, 1.807) is 7.05 Å². The van der Waals surface area contributed by atoms with Gasteiger partial charge >= 0.3 is 0 Å². The largest absolute Gasteiger partial charge is 0.370 e. The Morgan fingerprint density at radius 2 is 1.92 bits per heavy atom. The Labute approximate surface area is 214 Å². The van der Waals surface area contributed by atoms with Crippen LogP contribution >= 0.6 is 0 Å². The van der Waals surface area contributed by atoms with Crippen molar-refractivity contribution in [2.75, 3.05) is 49.5 Å². The number of benzene rings is 1. The zero-order chi connectivity index (χ0) is 25.8. The number of nitrogens with zero attached hydrogens (tertiary/aromatic N) is 5. The number of hydrogen-bond donors (Lipinski definition) is 1. The number of morpholine rings is 1. The van der Waals surface area contributed by atoms with Gasteiger partial charge < -0.3 is 15.0 Å². The number of nitrogens with one attached hydrogen (secondary N) is 1. The lowest BCUT2D eigenvalue weighted by atomic mass is 10.1. The number of amides is 1. The third kappa shape index (κ3) is 5.86. The Balaban J connectivity index is 1.28. The number of anilines is 2. The highest BCUT2D eigenvalue weighted by atomic mass is 19.1. The molecule has 1 aromatic carbocycles. The van der Waals surface area contributed by atoms with Crippen molar-refractivity contribution < 1.29 is 13.9 Å². The zero-order valence-corrected chi connectivity index (χ0v) is 20.9. The quantitative estimate of drug-likeness (QED) is 0.550. The standard InChI is InChI=1S/C27H31FN6O3/c1-32-26(36)15-23(21-9-10-29-16-22(21)28)31-27(32)34-13-14-37-24(17-34)19-5-7-20(8-6-19)30-25(35)18-33-11-3-2-4-12-33/h5-10,15-16,24H,2-4,11-14,17-18H2,1H3,(H,30,35)/t24-/m1/s1. The fraction of sp³-hybridized carbons (Fsp3) is 0.407. The Morgan fingerprint density at radius 1 is 1.14 bits per heavy atom. The van der Waals surface area contributed by atoms with Gasteiger partial charge in [0, 0.05) is 37.1 Å². The van der Waals surface area contributed by atoms with Gasteiger partial charge in [-0.2, -0.15) is 0 Å². The van der Waals surface area contributed by atoms with Gasteiger partial charge in [0.1, 0.15) is 6.10 Å². The summed E-state index contributed by atoms with van der Waals surface area (Å²) < 4.78 is 21.8. The summed E-state index contributed by atoms with van der Waals surface area (Å²) in [5, 5.41) is 2.98. The molecular weight excluding hydrogens is 475 g/mol. The van der Waals surface area contributed by atoms with Gasteiger partial charge in [0.25, 0.3) is 5.56 Å². The molecule has 2 aliphatic heterocycles. The molecule has 2 aliphatic rings. The molecule has 37 heavy (non-hydrogen) atoms. The molecular formula is C27H31FN6O3. The smallest absolute Gasteiger partial charge is 0.255 e. The van der Waals surface area contributed by atoms with Crippen LogP contribution in [-0.2, 0) is 16.6 Å². The molecule has 5 rings (SSSR count). The molecule has 2 saturated heterocycles. The number of aromatic nitrogens is 3. The van der Waals surface area contributed by atoms with E-state index in [0.717, 1.165) is 43.4 Å².